The average molecular weight is 384 g/mol. The molecular formula is C21H25FN4O2. The van der Waals surface area contributed by atoms with Gasteiger partial charge in [-0.3, -0.25) is 10.2 Å². The molecule has 2 aromatic rings. The van der Waals surface area contributed by atoms with Gasteiger partial charge in [-0.1, -0.05) is 18.7 Å². The minimum absolute atomic E-state index is 0.0518. The first-order valence-corrected chi connectivity index (χ1v) is 8.88. The van der Waals surface area contributed by atoms with Crippen LogP contribution >= 0.6 is 0 Å². The molecule has 1 amide bonds. The summed E-state index contributed by atoms with van der Waals surface area (Å²) >= 11 is 0. The standard InChI is InChI=1S/C21H25FN4O2/c1-4-28-14(3)11-25-19-10-15(20(23)24)5-6-17(19)12-26-21(27)16-7-8-18(22)13(2)9-16/h5-10,25H,3-4,11-12H2,1-2H3,(H3,23,24)(H,26,27). The molecule has 0 saturated heterocycles. The van der Waals surface area contributed by atoms with Crippen LogP contribution in [-0.2, 0) is 11.3 Å². The Morgan fingerprint density at radius 2 is 1.96 bits per heavy atom. The van der Waals surface area contributed by atoms with E-state index < -0.39 is 0 Å². The molecule has 0 aliphatic rings. The Morgan fingerprint density at radius 1 is 1.25 bits per heavy atom. The van der Waals surface area contributed by atoms with E-state index in [0.717, 1.165) is 5.56 Å². The lowest BCUT2D eigenvalue weighted by Gasteiger charge is -2.16. The number of benzene rings is 2. The second-order valence-electron chi connectivity index (χ2n) is 6.26. The van der Waals surface area contributed by atoms with Gasteiger partial charge in [-0.15, -0.1) is 0 Å². The van der Waals surface area contributed by atoms with Gasteiger partial charge in [0.05, 0.1) is 13.2 Å². The van der Waals surface area contributed by atoms with Gasteiger partial charge in [-0.25, -0.2) is 4.39 Å². The number of aryl methyl sites for hydroxylation is 1. The highest BCUT2D eigenvalue weighted by molar-refractivity contribution is 5.96. The zero-order valence-electron chi connectivity index (χ0n) is 16.1. The van der Waals surface area contributed by atoms with Crippen molar-refractivity contribution in [2.45, 2.75) is 20.4 Å². The number of amidine groups is 1. The van der Waals surface area contributed by atoms with Crippen molar-refractivity contribution in [2.75, 3.05) is 18.5 Å². The van der Waals surface area contributed by atoms with E-state index in [1.54, 1.807) is 25.1 Å². The number of rotatable bonds is 9. The second-order valence-corrected chi connectivity index (χ2v) is 6.26. The van der Waals surface area contributed by atoms with Crippen molar-refractivity contribution in [3.63, 3.8) is 0 Å². The zero-order chi connectivity index (χ0) is 20.7. The number of carbonyl (C=O) groups excluding carboxylic acids is 1. The van der Waals surface area contributed by atoms with Gasteiger partial charge in [0, 0.05) is 23.4 Å². The molecular weight excluding hydrogens is 359 g/mol. The molecule has 0 spiro atoms. The van der Waals surface area contributed by atoms with Crippen molar-refractivity contribution >= 4 is 17.4 Å². The van der Waals surface area contributed by atoms with E-state index >= 15 is 0 Å². The molecule has 0 unspecified atom stereocenters. The van der Waals surface area contributed by atoms with Crippen LogP contribution in [0.5, 0.6) is 0 Å². The number of amides is 1. The summed E-state index contributed by atoms with van der Waals surface area (Å²) < 4.78 is 18.7. The number of halogens is 1. The van der Waals surface area contributed by atoms with E-state index in [1.165, 1.54) is 18.2 Å². The van der Waals surface area contributed by atoms with Gasteiger partial charge in [-0.05, 0) is 49.2 Å². The lowest BCUT2D eigenvalue weighted by atomic mass is 10.1. The third-order valence-corrected chi connectivity index (χ3v) is 4.10. The van der Waals surface area contributed by atoms with E-state index in [1.807, 2.05) is 6.92 Å². The molecule has 0 aliphatic heterocycles. The first kappa shape index (κ1) is 21.0. The number of ether oxygens (including phenoxy) is 1. The van der Waals surface area contributed by atoms with Crippen LogP contribution in [0.1, 0.15) is 34.0 Å². The quantitative estimate of drug-likeness (QED) is 0.303. The van der Waals surface area contributed by atoms with Crippen LogP contribution in [0.4, 0.5) is 10.1 Å². The molecule has 0 radical (unpaired) electrons. The number of nitrogens with one attached hydrogen (secondary N) is 3. The Kier molecular flexibility index (Phi) is 7.14. The summed E-state index contributed by atoms with van der Waals surface area (Å²) in [6, 6.07) is 9.48. The van der Waals surface area contributed by atoms with Crippen molar-refractivity contribution in [2.24, 2.45) is 5.73 Å². The van der Waals surface area contributed by atoms with Crippen molar-refractivity contribution in [3.8, 4) is 0 Å². The minimum atomic E-state index is -0.350. The fourth-order valence-electron chi connectivity index (χ4n) is 2.58. The maximum absolute atomic E-state index is 13.4. The van der Waals surface area contributed by atoms with Crippen molar-refractivity contribution < 1.29 is 13.9 Å². The van der Waals surface area contributed by atoms with Crippen LogP contribution in [0.15, 0.2) is 48.7 Å². The molecule has 148 valence electrons. The Hall–Kier alpha value is -3.35. The van der Waals surface area contributed by atoms with E-state index in [-0.39, 0.29) is 24.1 Å². The third kappa shape index (κ3) is 5.57. The van der Waals surface area contributed by atoms with Crippen LogP contribution in [0, 0.1) is 18.2 Å². The van der Waals surface area contributed by atoms with E-state index in [2.05, 4.69) is 17.2 Å². The van der Waals surface area contributed by atoms with Crippen LogP contribution in [0.25, 0.3) is 0 Å². The van der Waals surface area contributed by atoms with E-state index in [4.69, 9.17) is 15.9 Å². The molecule has 7 heteroatoms. The Morgan fingerprint density at radius 3 is 2.61 bits per heavy atom. The SMILES string of the molecule is C=C(CNc1cc(C(=N)N)ccc1CNC(=O)c1ccc(F)c(C)c1)OCC. The first-order valence-electron chi connectivity index (χ1n) is 8.88. The number of hydrogen-bond acceptors (Lipinski definition) is 4. The topological polar surface area (TPSA) is 100 Å². The molecule has 0 fully saturated rings. The summed E-state index contributed by atoms with van der Waals surface area (Å²) in [7, 11) is 0. The molecule has 2 aromatic carbocycles. The molecule has 0 atom stereocenters. The zero-order valence-corrected chi connectivity index (χ0v) is 16.1. The molecule has 28 heavy (non-hydrogen) atoms. The lowest BCUT2D eigenvalue weighted by Crippen LogP contribution is -2.24. The van der Waals surface area contributed by atoms with Crippen LogP contribution in [0.3, 0.4) is 0 Å². The molecule has 0 saturated carbocycles. The molecule has 0 bridgehead atoms. The van der Waals surface area contributed by atoms with Gasteiger partial charge >= 0.3 is 0 Å². The number of hydrogen-bond donors (Lipinski definition) is 4. The maximum Gasteiger partial charge on any atom is 0.251 e. The summed E-state index contributed by atoms with van der Waals surface area (Å²) in [4.78, 5) is 12.4. The van der Waals surface area contributed by atoms with Crippen LogP contribution in [-0.4, -0.2) is 24.9 Å². The van der Waals surface area contributed by atoms with Gasteiger partial charge in [0.2, 0.25) is 0 Å². The molecule has 0 heterocycles. The molecule has 5 N–H and O–H groups in total. The number of nitrogen functional groups attached to an aromatic ring is 1. The highest BCUT2D eigenvalue weighted by Crippen LogP contribution is 2.19. The maximum atomic E-state index is 13.4. The summed E-state index contributed by atoms with van der Waals surface area (Å²) in [5.41, 5.74) is 8.46. The van der Waals surface area contributed by atoms with Crippen molar-refractivity contribution in [3.05, 3.63) is 76.8 Å². The largest absolute Gasteiger partial charge is 0.497 e. The van der Waals surface area contributed by atoms with Gasteiger partial charge in [0.15, 0.2) is 0 Å². The van der Waals surface area contributed by atoms with Crippen LogP contribution in [0.2, 0.25) is 0 Å². The van der Waals surface area contributed by atoms with Crippen molar-refractivity contribution in [1.29, 1.82) is 5.41 Å². The summed E-state index contributed by atoms with van der Waals surface area (Å²) in [5.74, 6) is -0.127. The smallest absolute Gasteiger partial charge is 0.251 e. The fourth-order valence-corrected chi connectivity index (χ4v) is 2.58. The highest BCUT2D eigenvalue weighted by atomic mass is 19.1. The minimum Gasteiger partial charge on any atom is -0.497 e. The second kappa shape index (κ2) is 9.55. The highest BCUT2D eigenvalue weighted by Gasteiger charge is 2.11. The monoisotopic (exact) mass is 384 g/mol. The van der Waals surface area contributed by atoms with Gasteiger partial charge in [0.1, 0.15) is 17.4 Å². The average Bonchev–Trinajstić information content (AvgIpc) is 2.67. The first-order chi connectivity index (χ1) is 13.3. The van der Waals surface area contributed by atoms with Gasteiger partial charge in [0.25, 0.3) is 5.91 Å². The van der Waals surface area contributed by atoms with Crippen LogP contribution < -0.4 is 16.4 Å². The van der Waals surface area contributed by atoms with Gasteiger partial charge < -0.3 is 21.1 Å². The Labute approximate surface area is 164 Å². The molecule has 6 nitrogen and oxygen atoms in total. The Balaban J connectivity index is 2.14. The normalized spacial score (nSPS) is 10.2. The fraction of sp³-hybridized carbons (Fsp3) is 0.238. The lowest BCUT2D eigenvalue weighted by molar-refractivity contribution is 0.0951. The summed E-state index contributed by atoms with van der Waals surface area (Å²) in [5, 5.41) is 13.6. The van der Waals surface area contributed by atoms with E-state index in [0.29, 0.717) is 41.3 Å². The Bertz CT molecular complexity index is 896. The number of carbonyl (C=O) groups is 1. The summed E-state index contributed by atoms with van der Waals surface area (Å²) in [6.45, 7) is 8.46. The van der Waals surface area contributed by atoms with E-state index in [9.17, 15) is 9.18 Å². The predicted molar refractivity (Wildman–Crippen MR) is 109 cm³/mol. The number of nitrogens with two attached hydrogens (primary N) is 1. The third-order valence-electron chi connectivity index (χ3n) is 4.10. The summed E-state index contributed by atoms with van der Waals surface area (Å²) in [6.07, 6.45) is 0. The molecule has 0 aliphatic carbocycles. The van der Waals surface area contributed by atoms with Gasteiger partial charge in [-0.2, -0.15) is 0 Å². The van der Waals surface area contributed by atoms with Crippen molar-refractivity contribution in [1.82, 2.24) is 5.32 Å². The predicted octanol–water partition coefficient (Wildman–Crippen LogP) is 3.31. The molecule has 0 aromatic heterocycles. The molecule has 2 rings (SSSR count). The number of anilines is 1.